The Morgan fingerprint density at radius 3 is 2.50 bits per heavy atom. The van der Waals surface area contributed by atoms with Crippen LogP contribution in [0.3, 0.4) is 0 Å². The molecule has 1 aromatic rings. The topological polar surface area (TPSA) is 26.0 Å². The van der Waals surface area contributed by atoms with Gasteiger partial charge in [-0.3, -0.25) is 0 Å². The van der Waals surface area contributed by atoms with Crippen LogP contribution in [0.4, 0.5) is 4.39 Å². The molecule has 1 unspecified atom stereocenters. The van der Waals surface area contributed by atoms with Crippen LogP contribution in [0.2, 0.25) is 0 Å². The SMILES string of the molecule is CC(C)(C)C(F)c1cccc(CN)c1. The minimum atomic E-state index is -0.936. The van der Waals surface area contributed by atoms with E-state index >= 15 is 0 Å². The predicted octanol–water partition coefficient (Wildman–Crippen LogP) is 3.20. The van der Waals surface area contributed by atoms with Crippen molar-refractivity contribution in [2.75, 3.05) is 0 Å². The second kappa shape index (κ2) is 4.09. The van der Waals surface area contributed by atoms with E-state index in [1.54, 1.807) is 0 Å². The molecule has 2 N–H and O–H groups in total. The quantitative estimate of drug-likeness (QED) is 0.770. The van der Waals surface area contributed by atoms with Gasteiger partial charge < -0.3 is 5.73 Å². The number of halogens is 1. The summed E-state index contributed by atoms with van der Waals surface area (Å²) in [5.41, 5.74) is 6.86. The number of hydrogen-bond donors (Lipinski definition) is 1. The summed E-state index contributed by atoms with van der Waals surface area (Å²) in [6.45, 7) is 6.15. The third-order valence-electron chi connectivity index (χ3n) is 2.24. The lowest BCUT2D eigenvalue weighted by atomic mass is 9.85. The van der Waals surface area contributed by atoms with Crippen LogP contribution in [0.25, 0.3) is 0 Å². The van der Waals surface area contributed by atoms with Gasteiger partial charge in [0.1, 0.15) is 6.17 Å². The molecule has 1 atom stereocenters. The van der Waals surface area contributed by atoms with Crippen LogP contribution in [0.5, 0.6) is 0 Å². The number of alkyl halides is 1. The zero-order valence-electron chi connectivity index (χ0n) is 9.05. The maximum Gasteiger partial charge on any atom is 0.130 e. The highest BCUT2D eigenvalue weighted by Crippen LogP contribution is 2.36. The summed E-state index contributed by atoms with van der Waals surface area (Å²) in [7, 11) is 0. The number of hydrogen-bond acceptors (Lipinski definition) is 1. The Kier molecular flexibility index (Phi) is 3.27. The minimum Gasteiger partial charge on any atom is -0.326 e. The molecule has 0 aliphatic rings. The van der Waals surface area contributed by atoms with E-state index in [9.17, 15) is 4.39 Å². The number of rotatable bonds is 2. The van der Waals surface area contributed by atoms with Crippen LogP contribution in [0.1, 0.15) is 38.1 Å². The monoisotopic (exact) mass is 195 g/mol. The summed E-state index contributed by atoms with van der Waals surface area (Å²) < 4.78 is 13.9. The van der Waals surface area contributed by atoms with E-state index in [1.165, 1.54) is 0 Å². The Labute approximate surface area is 85.1 Å². The molecule has 0 spiro atoms. The highest BCUT2D eigenvalue weighted by atomic mass is 19.1. The second-order valence-corrected chi connectivity index (χ2v) is 4.68. The molecular weight excluding hydrogens is 177 g/mol. The van der Waals surface area contributed by atoms with Gasteiger partial charge in [-0.25, -0.2) is 4.39 Å². The van der Waals surface area contributed by atoms with Crippen LogP contribution in [0, 0.1) is 5.41 Å². The lowest BCUT2D eigenvalue weighted by Gasteiger charge is -2.24. The van der Waals surface area contributed by atoms with Crippen molar-refractivity contribution in [3.63, 3.8) is 0 Å². The lowest BCUT2D eigenvalue weighted by molar-refractivity contribution is 0.165. The van der Waals surface area contributed by atoms with Gasteiger partial charge in [0.15, 0.2) is 0 Å². The van der Waals surface area contributed by atoms with Crippen molar-refractivity contribution < 1.29 is 4.39 Å². The molecule has 0 saturated carbocycles. The molecule has 78 valence electrons. The highest BCUT2D eigenvalue weighted by molar-refractivity contribution is 5.26. The van der Waals surface area contributed by atoms with E-state index in [4.69, 9.17) is 5.73 Å². The summed E-state index contributed by atoms with van der Waals surface area (Å²) in [5, 5.41) is 0. The molecule has 1 nitrogen and oxygen atoms in total. The molecule has 0 amide bonds. The first-order chi connectivity index (χ1) is 6.45. The fourth-order valence-corrected chi connectivity index (χ4v) is 1.38. The molecule has 0 bridgehead atoms. The molecule has 0 aliphatic heterocycles. The fourth-order valence-electron chi connectivity index (χ4n) is 1.38. The standard InChI is InChI=1S/C12H18FN/c1-12(2,3)11(13)10-6-4-5-9(7-10)8-14/h4-7,11H,8,14H2,1-3H3. The Morgan fingerprint density at radius 2 is 2.00 bits per heavy atom. The minimum absolute atomic E-state index is 0.354. The van der Waals surface area contributed by atoms with Crippen molar-refractivity contribution >= 4 is 0 Å². The van der Waals surface area contributed by atoms with E-state index < -0.39 is 6.17 Å². The van der Waals surface area contributed by atoms with Gasteiger partial charge >= 0.3 is 0 Å². The Morgan fingerprint density at radius 1 is 1.36 bits per heavy atom. The van der Waals surface area contributed by atoms with Gasteiger partial charge in [-0.2, -0.15) is 0 Å². The Balaban J connectivity index is 2.95. The first-order valence-corrected chi connectivity index (χ1v) is 4.88. The van der Waals surface area contributed by atoms with Crippen molar-refractivity contribution in [1.29, 1.82) is 0 Å². The molecular formula is C12H18FN. The lowest BCUT2D eigenvalue weighted by Crippen LogP contribution is -2.14. The predicted molar refractivity (Wildman–Crippen MR) is 57.6 cm³/mol. The molecule has 14 heavy (non-hydrogen) atoms. The van der Waals surface area contributed by atoms with E-state index in [2.05, 4.69) is 0 Å². The molecule has 1 aromatic carbocycles. The Bertz CT molecular complexity index is 301. The largest absolute Gasteiger partial charge is 0.326 e. The molecule has 0 radical (unpaired) electrons. The van der Waals surface area contributed by atoms with Gasteiger partial charge in [0, 0.05) is 6.54 Å². The molecule has 1 rings (SSSR count). The first kappa shape index (κ1) is 11.2. The third kappa shape index (κ3) is 2.55. The van der Waals surface area contributed by atoms with Crippen molar-refractivity contribution in [3.8, 4) is 0 Å². The van der Waals surface area contributed by atoms with Crippen LogP contribution in [0.15, 0.2) is 24.3 Å². The first-order valence-electron chi connectivity index (χ1n) is 4.88. The smallest absolute Gasteiger partial charge is 0.130 e. The zero-order chi connectivity index (χ0) is 10.8. The van der Waals surface area contributed by atoms with Crippen LogP contribution in [-0.2, 0) is 6.54 Å². The summed E-state index contributed by atoms with van der Waals surface area (Å²) in [5.74, 6) is 0. The Hall–Kier alpha value is -0.890. The van der Waals surface area contributed by atoms with Crippen molar-refractivity contribution in [3.05, 3.63) is 35.4 Å². The molecule has 0 heterocycles. The van der Waals surface area contributed by atoms with Crippen molar-refractivity contribution in [1.82, 2.24) is 0 Å². The van der Waals surface area contributed by atoms with Crippen LogP contribution in [-0.4, -0.2) is 0 Å². The maximum absolute atomic E-state index is 13.9. The number of nitrogens with two attached hydrogens (primary N) is 1. The summed E-state index contributed by atoms with van der Waals surface area (Å²) in [6.07, 6.45) is -0.936. The van der Waals surface area contributed by atoms with Crippen LogP contribution >= 0.6 is 0 Å². The third-order valence-corrected chi connectivity index (χ3v) is 2.24. The summed E-state index contributed by atoms with van der Waals surface area (Å²) in [4.78, 5) is 0. The number of benzene rings is 1. The van der Waals surface area contributed by atoms with Gasteiger partial charge in [-0.05, 0) is 16.5 Å². The highest BCUT2D eigenvalue weighted by Gasteiger charge is 2.25. The van der Waals surface area contributed by atoms with Gasteiger partial charge in [0.25, 0.3) is 0 Å². The average molecular weight is 195 g/mol. The van der Waals surface area contributed by atoms with Gasteiger partial charge in [-0.15, -0.1) is 0 Å². The average Bonchev–Trinajstić information content (AvgIpc) is 2.15. The maximum atomic E-state index is 13.9. The van der Waals surface area contributed by atoms with E-state index in [-0.39, 0.29) is 5.41 Å². The van der Waals surface area contributed by atoms with Crippen molar-refractivity contribution in [2.24, 2.45) is 11.1 Å². The van der Waals surface area contributed by atoms with Crippen molar-refractivity contribution in [2.45, 2.75) is 33.5 Å². The van der Waals surface area contributed by atoms with Crippen LogP contribution < -0.4 is 5.73 Å². The zero-order valence-corrected chi connectivity index (χ0v) is 9.05. The van der Waals surface area contributed by atoms with E-state index in [1.807, 2.05) is 45.0 Å². The molecule has 0 saturated heterocycles. The van der Waals surface area contributed by atoms with E-state index in [0.29, 0.717) is 6.54 Å². The van der Waals surface area contributed by atoms with Gasteiger partial charge in [-0.1, -0.05) is 45.0 Å². The normalized spacial score (nSPS) is 14.1. The van der Waals surface area contributed by atoms with Gasteiger partial charge in [0.05, 0.1) is 0 Å². The summed E-state index contributed by atoms with van der Waals surface area (Å²) in [6, 6.07) is 7.43. The molecule has 0 fully saturated rings. The molecule has 2 heteroatoms. The second-order valence-electron chi connectivity index (χ2n) is 4.68. The van der Waals surface area contributed by atoms with Gasteiger partial charge in [0.2, 0.25) is 0 Å². The fraction of sp³-hybridized carbons (Fsp3) is 0.500. The van der Waals surface area contributed by atoms with E-state index in [0.717, 1.165) is 11.1 Å². The molecule has 0 aliphatic carbocycles. The summed E-state index contributed by atoms with van der Waals surface area (Å²) >= 11 is 0. The molecule has 0 aromatic heterocycles.